The summed E-state index contributed by atoms with van der Waals surface area (Å²) in [6.07, 6.45) is -0.221. The van der Waals surface area contributed by atoms with E-state index >= 15 is 0 Å². The average Bonchev–Trinajstić information content (AvgIpc) is 2.72. The van der Waals surface area contributed by atoms with Gasteiger partial charge in [-0.2, -0.15) is 0 Å². The molecule has 0 aliphatic carbocycles. The Hall–Kier alpha value is 0.220. The van der Waals surface area contributed by atoms with E-state index in [4.69, 9.17) is 19.3 Å². The molecule has 0 rings (SSSR count). The van der Waals surface area contributed by atoms with E-state index in [2.05, 4.69) is 0 Å². The van der Waals surface area contributed by atoms with Crippen LogP contribution in [0.1, 0.15) is 54.4 Å². The Morgan fingerprint density at radius 1 is 0.900 bits per heavy atom. The molecule has 0 amide bonds. The number of hydrogen-bond donors (Lipinski definition) is 3. The molecule has 0 aliphatic heterocycles. The summed E-state index contributed by atoms with van der Waals surface area (Å²) in [5, 5.41) is 27.5. The minimum Gasteiger partial charge on any atom is -0.394 e. The molecule has 0 bridgehead atoms. The van der Waals surface area contributed by atoms with E-state index in [0.717, 1.165) is 0 Å². The Morgan fingerprint density at radius 3 is 1.93 bits per heavy atom. The van der Waals surface area contributed by atoms with Crippen LogP contribution in [0.3, 0.4) is 0 Å². The van der Waals surface area contributed by atoms with Crippen molar-refractivity contribution in [3.63, 3.8) is 0 Å². The lowest BCUT2D eigenvalue weighted by Gasteiger charge is -2.37. The molecule has 0 radical (unpaired) electrons. The van der Waals surface area contributed by atoms with Gasteiger partial charge in [0, 0.05) is 24.5 Å². The second-order valence-electron chi connectivity index (χ2n) is 8.40. The van der Waals surface area contributed by atoms with Crippen LogP contribution in [0.4, 0.5) is 0 Å². The van der Waals surface area contributed by atoms with E-state index in [1.165, 1.54) is 0 Å². The maximum absolute atomic E-state index is 13.0. The predicted octanol–water partition coefficient (Wildman–Crippen LogP) is 2.57. The molecule has 0 spiro atoms. The molecule has 182 valence electrons. The highest BCUT2D eigenvalue weighted by Gasteiger charge is 2.43. The normalized spacial score (nSPS) is 19.6. The third kappa shape index (κ3) is 9.79. The molecule has 6 atom stereocenters. The number of aliphatic hydroxyl groups excluding tert-OH is 3. The highest BCUT2D eigenvalue weighted by atomic mass is 31.1. The second kappa shape index (κ2) is 15.1. The fraction of sp³-hybridized carbons (Fsp3) is 1.00. The molecule has 0 saturated heterocycles. The number of aliphatic hydroxyl groups is 3. The van der Waals surface area contributed by atoms with Crippen LogP contribution < -0.4 is 0 Å². The van der Waals surface area contributed by atoms with Crippen molar-refractivity contribution >= 4 is 15.6 Å². The molecule has 30 heavy (non-hydrogen) atoms. The van der Waals surface area contributed by atoms with Crippen LogP contribution in [0.15, 0.2) is 0 Å². The van der Waals surface area contributed by atoms with Gasteiger partial charge in [0.05, 0.1) is 33.7 Å². The Morgan fingerprint density at radius 2 is 1.47 bits per heavy atom. The van der Waals surface area contributed by atoms with Gasteiger partial charge in [0.15, 0.2) is 0 Å². The van der Waals surface area contributed by atoms with Gasteiger partial charge in [-0.3, -0.25) is 0 Å². The minimum absolute atomic E-state index is 0.0732. The topological polar surface area (TPSA) is 123 Å². The number of ether oxygens (including phenoxy) is 3. The van der Waals surface area contributed by atoms with Gasteiger partial charge in [-0.15, -0.1) is 0 Å². The lowest BCUT2D eigenvalue weighted by molar-refractivity contribution is -0.132. The fourth-order valence-corrected chi connectivity index (χ4v) is 6.47. The zero-order valence-electron chi connectivity index (χ0n) is 19.5. The summed E-state index contributed by atoms with van der Waals surface area (Å²) >= 11 is 0. The summed E-state index contributed by atoms with van der Waals surface area (Å²) < 4.78 is 42.3. The molecular formula is C20H44O8P2. The van der Waals surface area contributed by atoms with Crippen molar-refractivity contribution in [1.29, 1.82) is 0 Å². The van der Waals surface area contributed by atoms with E-state index in [0.29, 0.717) is 38.4 Å². The molecule has 0 saturated carbocycles. The first-order chi connectivity index (χ1) is 14.0. The number of unbranched alkanes of at least 4 members (excludes halogenated alkanes) is 1. The molecule has 0 aromatic rings. The summed E-state index contributed by atoms with van der Waals surface area (Å²) in [5.41, 5.74) is 0. The van der Waals surface area contributed by atoms with Crippen molar-refractivity contribution in [2.45, 2.75) is 83.2 Å². The van der Waals surface area contributed by atoms with Crippen LogP contribution in [0, 0.1) is 0 Å². The maximum Gasteiger partial charge on any atom is 0.144 e. The van der Waals surface area contributed by atoms with Gasteiger partial charge in [0.1, 0.15) is 25.4 Å². The van der Waals surface area contributed by atoms with Crippen molar-refractivity contribution in [3.05, 3.63) is 0 Å². The van der Waals surface area contributed by atoms with Gasteiger partial charge in [-0.1, -0.05) is 13.8 Å². The van der Waals surface area contributed by atoms with E-state index in [1.54, 1.807) is 27.7 Å². The lowest BCUT2D eigenvalue weighted by atomic mass is 10.1. The lowest BCUT2D eigenvalue weighted by Crippen LogP contribution is -2.49. The zero-order valence-corrected chi connectivity index (χ0v) is 21.5. The number of rotatable bonds is 18. The summed E-state index contributed by atoms with van der Waals surface area (Å²) in [5.74, 6) is 0. The minimum atomic E-state index is -2.37. The monoisotopic (exact) mass is 474 g/mol. The van der Waals surface area contributed by atoms with Crippen LogP contribution in [0.5, 0.6) is 0 Å². The van der Waals surface area contributed by atoms with Gasteiger partial charge < -0.3 is 38.7 Å². The Kier molecular flexibility index (Phi) is 15.2. The number of hydrogen-bond acceptors (Lipinski definition) is 8. The largest absolute Gasteiger partial charge is 0.394 e. The van der Waals surface area contributed by atoms with Gasteiger partial charge >= 0.3 is 0 Å². The van der Waals surface area contributed by atoms with Crippen molar-refractivity contribution in [1.82, 2.24) is 0 Å². The van der Waals surface area contributed by atoms with Gasteiger partial charge in [-0.25, -0.2) is 0 Å². The maximum atomic E-state index is 13.0. The van der Waals surface area contributed by atoms with Crippen LogP contribution >= 0.6 is 15.6 Å². The highest BCUT2D eigenvalue weighted by molar-refractivity contribution is 7.46. The molecule has 0 heterocycles. The van der Waals surface area contributed by atoms with Crippen LogP contribution in [0.25, 0.3) is 0 Å². The first kappa shape index (κ1) is 30.2. The summed E-state index contributed by atoms with van der Waals surface area (Å²) in [4.78, 5) is 0. The van der Waals surface area contributed by atoms with Crippen LogP contribution in [-0.2, 0) is 23.3 Å². The van der Waals surface area contributed by atoms with Crippen molar-refractivity contribution in [2.24, 2.45) is 0 Å². The summed E-state index contributed by atoms with van der Waals surface area (Å²) in [6, 6.07) is 0. The quantitative estimate of drug-likeness (QED) is 0.205. The summed E-state index contributed by atoms with van der Waals surface area (Å²) in [6.45, 7) is 11.1. The van der Waals surface area contributed by atoms with Gasteiger partial charge in [-0.05, 0) is 46.7 Å². The Balaban J connectivity index is 4.75. The highest BCUT2D eigenvalue weighted by Crippen LogP contribution is 2.45. The first-order valence-electron chi connectivity index (χ1n) is 10.8. The van der Waals surface area contributed by atoms with Crippen molar-refractivity contribution < 1.29 is 38.7 Å². The molecule has 10 heteroatoms. The first-order valence-corrected chi connectivity index (χ1v) is 14.1. The Labute approximate surface area is 183 Å². The molecular weight excluding hydrogens is 430 g/mol. The van der Waals surface area contributed by atoms with E-state index in [-0.39, 0.29) is 25.9 Å². The fourth-order valence-electron chi connectivity index (χ4n) is 3.08. The van der Waals surface area contributed by atoms with Crippen molar-refractivity contribution in [2.75, 3.05) is 45.4 Å². The van der Waals surface area contributed by atoms with Crippen LogP contribution in [-0.4, -0.2) is 89.5 Å². The molecule has 0 fully saturated rings. The Bertz CT molecular complexity index is 517. The van der Waals surface area contributed by atoms with Crippen LogP contribution in [0.2, 0.25) is 0 Å². The van der Waals surface area contributed by atoms with Crippen molar-refractivity contribution in [3.8, 4) is 0 Å². The van der Waals surface area contributed by atoms with E-state index < -0.39 is 38.3 Å². The summed E-state index contributed by atoms with van der Waals surface area (Å²) in [7, 11) is -4.31. The van der Waals surface area contributed by atoms with Gasteiger partial charge in [0.2, 0.25) is 0 Å². The molecule has 6 unspecified atom stereocenters. The van der Waals surface area contributed by atoms with E-state index in [9.17, 15) is 19.3 Å². The third-order valence-electron chi connectivity index (χ3n) is 5.27. The second-order valence-corrected chi connectivity index (χ2v) is 13.4. The van der Waals surface area contributed by atoms with Gasteiger partial charge in [0.25, 0.3) is 0 Å². The van der Waals surface area contributed by atoms with E-state index in [1.807, 2.05) is 13.8 Å². The smallest absolute Gasteiger partial charge is 0.144 e. The predicted molar refractivity (Wildman–Crippen MR) is 122 cm³/mol. The molecule has 8 nitrogen and oxygen atoms in total. The standard InChI is InChI=1S/C20H44O8P2/c1-7-26-17(14-22)18(23)20(6,28-8-2)30(25)12-10-9-11-29(24)19(4,5)15-27-16(3)13-21/h16-18,21-23,29-30H,7-15H2,1-6H3. The average molecular weight is 475 g/mol. The zero-order chi connectivity index (χ0) is 23.4. The molecule has 0 aromatic heterocycles. The molecule has 3 N–H and O–H groups in total. The molecule has 0 aliphatic rings. The SMILES string of the molecule is CCOC(CO)C(O)C(C)(OCC)[PH](=O)CCCC[PH](=O)C(C)(C)COC(C)CO. The molecule has 0 aromatic carbocycles. The third-order valence-corrected chi connectivity index (χ3v) is 10.1.